The first-order chi connectivity index (χ1) is 7.95. The van der Waals surface area contributed by atoms with Gasteiger partial charge in [-0.15, -0.1) is 0 Å². The molecule has 0 aliphatic carbocycles. The van der Waals surface area contributed by atoms with Crippen LogP contribution in [-0.4, -0.2) is 18.7 Å². The summed E-state index contributed by atoms with van der Waals surface area (Å²) in [6.07, 6.45) is 1.15. The lowest BCUT2D eigenvalue weighted by molar-refractivity contribution is -0.107. The van der Waals surface area contributed by atoms with Crippen molar-refractivity contribution in [3.63, 3.8) is 0 Å². The SMILES string of the molecule is CC(C)(C)c1ccc(C(=O)NCCC=O)cc1. The van der Waals surface area contributed by atoms with Crippen LogP contribution in [-0.2, 0) is 10.2 Å². The Labute approximate surface area is 102 Å². The van der Waals surface area contributed by atoms with Crippen LogP contribution < -0.4 is 5.32 Å². The van der Waals surface area contributed by atoms with E-state index in [1.54, 1.807) is 0 Å². The molecule has 0 fully saturated rings. The van der Waals surface area contributed by atoms with Crippen LogP contribution in [0.1, 0.15) is 43.1 Å². The Bertz CT molecular complexity index is 388. The third-order valence-corrected chi connectivity index (χ3v) is 2.56. The Morgan fingerprint density at radius 3 is 2.29 bits per heavy atom. The molecule has 0 spiro atoms. The van der Waals surface area contributed by atoms with Gasteiger partial charge in [0.2, 0.25) is 0 Å². The maximum Gasteiger partial charge on any atom is 0.251 e. The van der Waals surface area contributed by atoms with E-state index >= 15 is 0 Å². The highest BCUT2D eigenvalue weighted by Gasteiger charge is 2.13. The largest absolute Gasteiger partial charge is 0.352 e. The van der Waals surface area contributed by atoms with Crippen molar-refractivity contribution < 1.29 is 9.59 Å². The summed E-state index contributed by atoms with van der Waals surface area (Å²) in [4.78, 5) is 21.8. The van der Waals surface area contributed by atoms with Gasteiger partial charge in [0.1, 0.15) is 6.29 Å². The van der Waals surface area contributed by atoms with Gasteiger partial charge in [0, 0.05) is 18.5 Å². The second-order valence-corrected chi connectivity index (χ2v) is 5.04. The van der Waals surface area contributed by atoms with E-state index in [9.17, 15) is 9.59 Å². The second-order valence-electron chi connectivity index (χ2n) is 5.04. The summed E-state index contributed by atoms with van der Waals surface area (Å²) < 4.78 is 0. The van der Waals surface area contributed by atoms with Crippen molar-refractivity contribution in [2.75, 3.05) is 6.54 Å². The normalized spacial score (nSPS) is 11.0. The maximum atomic E-state index is 11.7. The van der Waals surface area contributed by atoms with Crippen molar-refractivity contribution in [2.24, 2.45) is 0 Å². The zero-order valence-electron chi connectivity index (χ0n) is 10.6. The zero-order chi connectivity index (χ0) is 12.9. The zero-order valence-corrected chi connectivity index (χ0v) is 10.6. The molecule has 92 valence electrons. The molecule has 0 aliphatic heterocycles. The summed E-state index contributed by atoms with van der Waals surface area (Å²) >= 11 is 0. The minimum absolute atomic E-state index is 0.0898. The molecule has 1 N–H and O–H groups in total. The first-order valence-electron chi connectivity index (χ1n) is 5.77. The van der Waals surface area contributed by atoms with Gasteiger partial charge < -0.3 is 10.1 Å². The Kier molecular flexibility index (Phi) is 4.44. The first-order valence-corrected chi connectivity index (χ1v) is 5.77. The number of benzene rings is 1. The van der Waals surface area contributed by atoms with Gasteiger partial charge in [-0.2, -0.15) is 0 Å². The van der Waals surface area contributed by atoms with Crippen molar-refractivity contribution in [3.05, 3.63) is 35.4 Å². The second kappa shape index (κ2) is 5.62. The topological polar surface area (TPSA) is 46.2 Å². The Balaban J connectivity index is 2.67. The summed E-state index contributed by atoms with van der Waals surface area (Å²) in [5.41, 5.74) is 1.91. The molecule has 0 unspecified atom stereocenters. The van der Waals surface area contributed by atoms with Crippen molar-refractivity contribution >= 4 is 12.2 Å². The van der Waals surface area contributed by atoms with Crippen LogP contribution in [0.3, 0.4) is 0 Å². The molecular formula is C14H19NO2. The van der Waals surface area contributed by atoms with E-state index < -0.39 is 0 Å². The van der Waals surface area contributed by atoms with E-state index in [4.69, 9.17) is 0 Å². The van der Waals surface area contributed by atoms with E-state index in [-0.39, 0.29) is 11.3 Å². The highest BCUT2D eigenvalue weighted by Crippen LogP contribution is 2.22. The van der Waals surface area contributed by atoms with Crippen LogP contribution in [0.15, 0.2) is 24.3 Å². The third kappa shape index (κ3) is 4.02. The van der Waals surface area contributed by atoms with E-state index in [2.05, 4.69) is 26.1 Å². The molecule has 1 aromatic carbocycles. The van der Waals surface area contributed by atoms with E-state index in [0.717, 1.165) is 6.29 Å². The lowest BCUT2D eigenvalue weighted by Gasteiger charge is -2.19. The van der Waals surface area contributed by atoms with Crippen LogP contribution >= 0.6 is 0 Å². The first kappa shape index (κ1) is 13.4. The summed E-state index contributed by atoms with van der Waals surface area (Å²) in [5.74, 6) is -0.132. The predicted molar refractivity (Wildman–Crippen MR) is 68.2 cm³/mol. The minimum atomic E-state index is -0.132. The van der Waals surface area contributed by atoms with Crippen LogP contribution in [0, 0.1) is 0 Å². The van der Waals surface area contributed by atoms with Gasteiger partial charge in [0.25, 0.3) is 5.91 Å². The molecule has 0 heterocycles. The average Bonchev–Trinajstić information content (AvgIpc) is 2.28. The molecule has 0 saturated carbocycles. The van der Waals surface area contributed by atoms with Crippen LogP contribution in [0.2, 0.25) is 0 Å². The highest BCUT2D eigenvalue weighted by molar-refractivity contribution is 5.94. The molecule has 0 atom stereocenters. The lowest BCUT2D eigenvalue weighted by atomic mass is 9.87. The van der Waals surface area contributed by atoms with Crippen LogP contribution in [0.25, 0.3) is 0 Å². The van der Waals surface area contributed by atoms with E-state index in [1.807, 2.05) is 24.3 Å². The van der Waals surface area contributed by atoms with Gasteiger partial charge >= 0.3 is 0 Å². The van der Waals surface area contributed by atoms with Gasteiger partial charge in [-0.1, -0.05) is 32.9 Å². The van der Waals surface area contributed by atoms with Crippen LogP contribution in [0.5, 0.6) is 0 Å². The monoisotopic (exact) mass is 233 g/mol. The summed E-state index contributed by atoms with van der Waals surface area (Å²) in [6.45, 7) is 6.79. The molecule has 0 aliphatic rings. The van der Waals surface area contributed by atoms with Gasteiger partial charge in [0.05, 0.1) is 0 Å². The Morgan fingerprint density at radius 2 is 1.82 bits per heavy atom. The number of rotatable bonds is 4. The molecule has 0 aromatic heterocycles. The molecule has 1 rings (SSSR count). The third-order valence-electron chi connectivity index (χ3n) is 2.56. The molecule has 0 radical (unpaired) electrons. The number of hydrogen-bond donors (Lipinski definition) is 1. The van der Waals surface area contributed by atoms with Crippen LogP contribution in [0.4, 0.5) is 0 Å². The standard InChI is InChI=1S/C14H19NO2/c1-14(2,3)12-7-5-11(6-8-12)13(17)15-9-4-10-16/h5-8,10H,4,9H2,1-3H3,(H,15,17). The lowest BCUT2D eigenvalue weighted by Crippen LogP contribution is -2.24. The number of carbonyl (C=O) groups excluding carboxylic acids is 2. The fourth-order valence-corrected chi connectivity index (χ4v) is 1.47. The van der Waals surface area contributed by atoms with E-state index in [0.29, 0.717) is 18.5 Å². The fourth-order valence-electron chi connectivity index (χ4n) is 1.47. The molecule has 3 heteroatoms. The number of nitrogens with one attached hydrogen (secondary N) is 1. The molecule has 17 heavy (non-hydrogen) atoms. The number of aldehydes is 1. The van der Waals surface area contributed by atoms with Gasteiger partial charge in [0.15, 0.2) is 0 Å². The predicted octanol–water partition coefficient (Wildman–Crippen LogP) is 2.30. The van der Waals surface area contributed by atoms with Gasteiger partial charge in [-0.05, 0) is 23.1 Å². The summed E-state index contributed by atoms with van der Waals surface area (Å²) in [7, 11) is 0. The smallest absolute Gasteiger partial charge is 0.251 e. The Hall–Kier alpha value is -1.64. The van der Waals surface area contributed by atoms with Crippen molar-refractivity contribution in [2.45, 2.75) is 32.6 Å². The Morgan fingerprint density at radius 1 is 1.24 bits per heavy atom. The summed E-state index contributed by atoms with van der Waals surface area (Å²) in [6, 6.07) is 7.57. The average molecular weight is 233 g/mol. The fraction of sp³-hybridized carbons (Fsp3) is 0.429. The van der Waals surface area contributed by atoms with Gasteiger partial charge in [-0.3, -0.25) is 4.79 Å². The number of carbonyl (C=O) groups is 2. The minimum Gasteiger partial charge on any atom is -0.352 e. The molecule has 1 aromatic rings. The summed E-state index contributed by atoms with van der Waals surface area (Å²) in [5, 5.41) is 2.69. The molecular weight excluding hydrogens is 214 g/mol. The number of amides is 1. The number of hydrogen-bond acceptors (Lipinski definition) is 2. The van der Waals surface area contributed by atoms with Crippen molar-refractivity contribution in [1.82, 2.24) is 5.32 Å². The molecule has 1 amide bonds. The highest BCUT2D eigenvalue weighted by atomic mass is 16.1. The maximum absolute atomic E-state index is 11.7. The molecule has 0 saturated heterocycles. The quantitative estimate of drug-likeness (QED) is 0.640. The van der Waals surface area contributed by atoms with Crippen molar-refractivity contribution in [3.8, 4) is 0 Å². The molecule has 0 bridgehead atoms. The van der Waals surface area contributed by atoms with Crippen molar-refractivity contribution in [1.29, 1.82) is 0 Å². The van der Waals surface area contributed by atoms with Gasteiger partial charge in [-0.25, -0.2) is 0 Å². The molecule has 3 nitrogen and oxygen atoms in total. The van der Waals surface area contributed by atoms with E-state index in [1.165, 1.54) is 5.56 Å².